The van der Waals surface area contributed by atoms with Crippen molar-refractivity contribution >= 4 is 35.2 Å². The first-order chi connectivity index (χ1) is 9.16. The Labute approximate surface area is 122 Å². The summed E-state index contributed by atoms with van der Waals surface area (Å²) in [6, 6.07) is -0.107. The fraction of sp³-hybridized carbons (Fsp3) is 0.583. The quantitative estimate of drug-likeness (QED) is 0.775. The Morgan fingerprint density at radius 3 is 2.95 bits per heavy atom. The molecule has 1 saturated heterocycles. The Morgan fingerprint density at radius 1 is 1.45 bits per heavy atom. The number of fused-ring (bicyclic) bond motifs is 1. The molecule has 0 saturated carbocycles. The summed E-state index contributed by atoms with van der Waals surface area (Å²) >= 11 is 0. The van der Waals surface area contributed by atoms with Crippen LogP contribution in [-0.2, 0) is 11.8 Å². The van der Waals surface area contributed by atoms with E-state index in [-0.39, 0.29) is 24.4 Å². The molecule has 0 aliphatic carbocycles. The second kappa shape index (κ2) is 5.80. The fourth-order valence-electron chi connectivity index (χ4n) is 2.61. The van der Waals surface area contributed by atoms with Crippen LogP contribution in [0, 0.1) is 6.92 Å². The van der Waals surface area contributed by atoms with Crippen molar-refractivity contribution in [3.05, 3.63) is 5.69 Å². The summed E-state index contributed by atoms with van der Waals surface area (Å²) in [5.41, 5.74) is 1.61. The zero-order chi connectivity index (χ0) is 13.4. The summed E-state index contributed by atoms with van der Waals surface area (Å²) in [4.78, 5) is 12.2. The van der Waals surface area contributed by atoms with E-state index in [2.05, 4.69) is 25.9 Å². The van der Waals surface area contributed by atoms with Gasteiger partial charge in [0.1, 0.15) is 5.82 Å². The van der Waals surface area contributed by atoms with Crippen molar-refractivity contribution in [2.45, 2.75) is 32.2 Å². The first kappa shape index (κ1) is 14.8. The van der Waals surface area contributed by atoms with Gasteiger partial charge < -0.3 is 10.6 Å². The molecule has 0 unspecified atom stereocenters. The van der Waals surface area contributed by atoms with Crippen LogP contribution in [0.3, 0.4) is 0 Å². The highest BCUT2D eigenvalue weighted by molar-refractivity contribution is 6.01. The van der Waals surface area contributed by atoms with E-state index >= 15 is 0 Å². The zero-order valence-corrected chi connectivity index (χ0v) is 12.4. The summed E-state index contributed by atoms with van der Waals surface area (Å²) in [6.45, 7) is 2.81. The highest BCUT2D eigenvalue weighted by Crippen LogP contribution is 2.23. The van der Waals surface area contributed by atoms with Crippen molar-refractivity contribution < 1.29 is 4.79 Å². The van der Waals surface area contributed by atoms with E-state index in [1.54, 1.807) is 4.68 Å². The number of nitrogens with one attached hydrogen (secondary N) is 3. The number of carbonyl (C=O) groups is 1. The molecule has 1 atom stereocenters. The third kappa shape index (κ3) is 2.51. The lowest BCUT2D eigenvalue weighted by Gasteiger charge is -2.22. The molecule has 0 spiro atoms. The van der Waals surface area contributed by atoms with Crippen molar-refractivity contribution in [1.82, 2.24) is 25.3 Å². The van der Waals surface area contributed by atoms with Crippen LogP contribution in [0.5, 0.6) is 0 Å². The number of amides is 1. The summed E-state index contributed by atoms with van der Waals surface area (Å²) in [6.07, 6.45) is 3.12. The molecule has 20 heavy (non-hydrogen) atoms. The molecule has 1 amide bonds. The van der Waals surface area contributed by atoms with Gasteiger partial charge in [0.15, 0.2) is 5.65 Å². The van der Waals surface area contributed by atoms with Crippen LogP contribution in [0.15, 0.2) is 0 Å². The number of anilines is 1. The normalized spacial score (nSPS) is 18.8. The minimum Gasteiger partial charge on any atom is -0.309 e. The Bertz CT molecular complexity index is 613. The first-order valence-corrected chi connectivity index (χ1v) is 6.58. The molecule has 3 heterocycles. The third-order valence-corrected chi connectivity index (χ3v) is 3.59. The smallest absolute Gasteiger partial charge is 0.242 e. The molecule has 1 fully saturated rings. The number of aromatic nitrogens is 4. The van der Waals surface area contributed by atoms with Gasteiger partial charge in [0, 0.05) is 7.05 Å². The van der Waals surface area contributed by atoms with E-state index in [9.17, 15) is 4.79 Å². The maximum Gasteiger partial charge on any atom is 0.242 e. The van der Waals surface area contributed by atoms with Crippen molar-refractivity contribution in [3.63, 3.8) is 0 Å². The van der Waals surface area contributed by atoms with Gasteiger partial charge in [0.2, 0.25) is 5.91 Å². The van der Waals surface area contributed by atoms with Gasteiger partial charge in [-0.15, -0.1) is 12.4 Å². The van der Waals surface area contributed by atoms with Crippen LogP contribution >= 0.6 is 12.4 Å². The molecule has 8 heteroatoms. The number of halogens is 1. The van der Waals surface area contributed by atoms with Crippen molar-refractivity contribution in [2.75, 3.05) is 11.9 Å². The number of rotatable bonds is 2. The highest BCUT2D eigenvalue weighted by Gasteiger charge is 2.22. The van der Waals surface area contributed by atoms with Crippen molar-refractivity contribution in [1.29, 1.82) is 0 Å². The average Bonchev–Trinajstić information content (AvgIpc) is 2.94. The van der Waals surface area contributed by atoms with E-state index in [0.717, 1.165) is 42.5 Å². The zero-order valence-electron chi connectivity index (χ0n) is 11.6. The molecule has 2 aromatic rings. The van der Waals surface area contributed by atoms with Gasteiger partial charge in [0.25, 0.3) is 0 Å². The molecule has 110 valence electrons. The van der Waals surface area contributed by atoms with Crippen molar-refractivity contribution in [3.8, 4) is 0 Å². The van der Waals surface area contributed by atoms with Crippen LogP contribution < -0.4 is 10.6 Å². The Morgan fingerprint density at radius 2 is 2.25 bits per heavy atom. The molecule has 3 N–H and O–H groups in total. The number of piperidine rings is 1. The van der Waals surface area contributed by atoms with Gasteiger partial charge in [-0.1, -0.05) is 6.42 Å². The third-order valence-electron chi connectivity index (χ3n) is 3.59. The number of carbonyl (C=O) groups excluding carboxylic acids is 1. The van der Waals surface area contributed by atoms with Gasteiger partial charge in [0.05, 0.1) is 17.1 Å². The van der Waals surface area contributed by atoms with E-state index in [1.165, 1.54) is 0 Å². The minimum absolute atomic E-state index is 0. The summed E-state index contributed by atoms with van der Waals surface area (Å²) in [5.74, 6) is 0.631. The number of hydrogen-bond donors (Lipinski definition) is 3. The Kier molecular flexibility index (Phi) is 4.29. The largest absolute Gasteiger partial charge is 0.309 e. The van der Waals surface area contributed by atoms with Crippen LogP contribution in [0.25, 0.3) is 11.0 Å². The number of hydrogen-bond acceptors (Lipinski definition) is 4. The number of aromatic amines is 1. The van der Waals surface area contributed by atoms with Gasteiger partial charge >= 0.3 is 0 Å². The number of H-pyrrole nitrogens is 1. The molecule has 0 radical (unpaired) electrons. The van der Waals surface area contributed by atoms with Gasteiger partial charge in [-0.3, -0.25) is 9.89 Å². The molecule has 0 aromatic carbocycles. The molecule has 1 aliphatic rings. The second-order valence-corrected chi connectivity index (χ2v) is 5.00. The van der Waals surface area contributed by atoms with E-state index in [1.807, 2.05) is 14.0 Å². The summed E-state index contributed by atoms with van der Waals surface area (Å²) < 4.78 is 1.70. The van der Waals surface area contributed by atoms with Gasteiger partial charge in [-0.25, -0.2) is 4.68 Å². The summed E-state index contributed by atoms with van der Waals surface area (Å²) in [5, 5.41) is 18.4. The number of aryl methyl sites for hydroxylation is 2. The lowest BCUT2D eigenvalue weighted by Crippen LogP contribution is -2.43. The average molecular weight is 299 g/mol. The standard InChI is InChI=1S/C12H18N6O.ClH/c1-7-9-10(15-16-11(9)18(2)17-7)14-12(19)8-5-3-4-6-13-8;/h8,13H,3-6H2,1-2H3,(H2,14,15,16,19);1H/t8-;/m0./s1. The first-order valence-electron chi connectivity index (χ1n) is 6.58. The molecular formula is C12H19ClN6O. The van der Waals surface area contributed by atoms with Gasteiger partial charge in [-0.2, -0.15) is 10.2 Å². The molecule has 3 rings (SSSR count). The van der Waals surface area contributed by atoms with Crippen molar-refractivity contribution in [2.24, 2.45) is 7.05 Å². The minimum atomic E-state index is -0.107. The maximum atomic E-state index is 12.2. The Balaban J connectivity index is 0.00000147. The van der Waals surface area contributed by atoms with E-state index in [4.69, 9.17) is 0 Å². The molecular weight excluding hydrogens is 280 g/mol. The highest BCUT2D eigenvalue weighted by atomic mass is 35.5. The predicted octanol–water partition coefficient (Wildman–Crippen LogP) is 1.11. The summed E-state index contributed by atoms with van der Waals surface area (Å²) in [7, 11) is 1.84. The second-order valence-electron chi connectivity index (χ2n) is 5.00. The van der Waals surface area contributed by atoms with Crippen LogP contribution in [0.1, 0.15) is 25.0 Å². The number of nitrogens with zero attached hydrogens (tertiary/aromatic N) is 3. The SMILES string of the molecule is Cc1nn(C)c2n[nH]c(NC(=O)[C@@H]3CCCCN3)c12.Cl. The van der Waals surface area contributed by atoms with Crippen LogP contribution in [-0.4, -0.2) is 38.5 Å². The van der Waals surface area contributed by atoms with Gasteiger partial charge in [-0.05, 0) is 26.3 Å². The monoisotopic (exact) mass is 298 g/mol. The molecule has 2 aromatic heterocycles. The van der Waals surface area contributed by atoms with Crippen LogP contribution in [0.4, 0.5) is 5.82 Å². The molecule has 0 bridgehead atoms. The topological polar surface area (TPSA) is 87.6 Å². The van der Waals surface area contributed by atoms with E-state index in [0.29, 0.717) is 5.82 Å². The Hall–Kier alpha value is -1.60. The lowest BCUT2D eigenvalue weighted by atomic mass is 10.0. The van der Waals surface area contributed by atoms with E-state index < -0.39 is 0 Å². The maximum absolute atomic E-state index is 12.2. The predicted molar refractivity (Wildman–Crippen MR) is 79.1 cm³/mol. The molecule has 7 nitrogen and oxygen atoms in total. The lowest BCUT2D eigenvalue weighted by molar-refractivity contribution is -0.118. The molecule has 1 aliphatic heterocycles. The fourth-order valence-corrected chi connectivity index (χ4v) is 2.61. The van der Waals surface area contributed by atoms with Crippen LogP contribution in [0.2, 0.25) is 0 Å².